The van der Waals surface area contributed by atoms with Crippen molar-refractivity contribution in [1.82, 2.24) is 4.98 Å². The lowest BCUT2D eigenvalue weighted by atomic mass is 10.2. The fraction of sp³-hybridized carbons (Fsp3) is 0.304. The number of hydrogen-bond donors (Lipinski definition) is 0. The Morgan fingerprint density at radius 1 is 1.10 bits per heavy atom. The fourth-order valence-corrected chi connectivity index (χ4v) is 3.66. The van der Waals surface area contributed by atoms with Crippen LogP contribution in [-0.2, 0) is 0 Å². The van der Waals surface area contributed by atoms with Crippen molar-refractivity contribution in [2.45, 2.75) is 13.3 Å². The molecule has 2 aromatic carbocycles. The summed E-state index contributed by atoms with van der Waals surface area (Å²) in [6.07, 6.45) is 0.959. The summed E-state index contributed by atoms with van der Waals surface area (Å²) in [5.41, 5.74) is 2.23. The van der Waals surface area contributed by atoms with Gasteiger partial charge in [-0.1, -0.05) is 24.6 Å². The second-order valence-electron chi connectivity index (χ2n) is 7.11. The van der Waals surface area contributed by atoms with Gasteiger partial charge in [0.05, 0.1) is 6.61 Å². The van der Waals surface area contributed by atoms with Crippen molar-refractivity contribution in [2.24, 2.45) is 0 Å². The number of anilines is 2. The highest BCUT2D eigenvalue weighted by molar-refractivity contribution is 6.30. The molecule has 0 N–H and O–H groups in total. The third kappa shape index (κ3) is 4.37. The standard InChI is InChI=1S/C23H23ClN4O2/c1-2-14-29-20-8-6-17(7-9-20)22-26-21(16-25)23(30-22)28-12-10-27(11-13-28)19-5-3-4-18(24)15-19/h3-9,15H,2,10-14H2,1H3. The first-order valence-corrected chi connectivity index (χ1v) is 10.5. The van der Waals surface area contributed by atoms with Crippen molar-refractivity contribution in [3.05, 3.63) is 59.2 Å². The van der Waals surface area contributed by atoms with Gasteiger partial charge >= 0.3 is 0 Å². The summed E-state index contributed by atoms with van der Waals surface area (Å²) in [7, 11) is 0. The molecule has 0 unspecified atom stereocenters. The monoisotopic (exact) mass is 422 g/mol. The molecule has 1 aliphatic rings. The first kappa shape index (κ1) is 20.1. The number of nitrogens with zero attached hydrogens (tertiary/aromatic N) is 4. The number of nitriles is 1. The summed E-state index contributed by atoms with van der Waals surface area (Å²) in [4.78, 5) is 8.77. The van der Waals surface area contributed by atoms with Crippen molar-refractivity contribution in [3.8, 4) is 23.3 Å². The molecule has 1 fully saturated rings. The van der Waals surface area contributed by atoms with Gasteiger partial charge in [0.25, 0.3) is 0 Å². The van der Waals surface area contributed by atoms with E-state index in [0.29, 0.717) is 24.1 Å². The predicted molar refractivity (Wildman–Crippen MR) is 118 cm³/mol. The predicted octanol–water partition coefficient (Wildman–Crippen LogP) is 4.98. The average molecular weight is 423 g/mol. The van der Waals surface area contributed by atoms with Gasteiger partial charge in [0.15, 0.2) is 0 Å². The molecule has 0 atom stereocenters. The summed E-state index contributed by atoms with van der Waals surface area (Å²) in [6.45, 7) is 5.85. The van der Waals surface area contributed by atoms with E-state index in [2.05, 4.69) is 33.8 Å². The van der Waals surface area contributed by atoms with Crippen LogP contribution < -0.4 is 14.5 Å². The third-order valence-electron chi connectivity index (χ3n) is 5.03. The molecule has 7 heteroatoms. The lowest BCUT2D eigenvalue weighted by molar-refractivity contribution is 0.317. The van der Waals surface area contributed by atoms with E-state index in [4.69, 9.17) is 20.8 Å². The van der Waals surface area contributed by atoms with Gasteiger partial charge in [-0.25, -0.2) is 0 Å². The minimum atomic E-state index is 0.313. The quantitative estimate of drug-likeness (QED) is 0.558. The summed E-state index contributed by atoms with van der Waals surface area (Å²) >= 11 is 6.12. The second-order valence-corrected chi connectivity index (χ2v) is 7.55. The van der Waals surface area contributed by atoms with E-state index in [1.165, 1.54) is 0 Å². The minimum Gasteiger partial charge on any atom is -0.494 e. The van der Waals surface area contributed by atoms with E-state index < -0.39 is 0 Å². The number of piperazine rings is 1. The minimum absolute atomic E-state index is 0.313. The maximum absolute atomic E-state index is 9.57. The molecule has 1 saturated heterocycles. The van der Waals surface area contributed by atoms with Crippen LogP contribution in [0.5, 0.6) is 5.75 Å². The molecule has 0 amide bonds. The van der Waals surface area contributed by atoms with Crippen LogP contribution in [-0.4, -0.2) is 37.8 Å². The smallest absolute Gasteiger partial charge is 0.235 e. The largest absolute Gasteiger partial charge is 0.494 e. The summed E-state index contributed by atoms with van der Waals surface area (Å²) < 4.78 is 11.6. The molecule has 0 aliphatic carbocycles. The van der Waals surface area contributed by atoms with Gasteiger partial charge < -0.3 is 19.0 Å². The maximum atomic E-state index is 9.57. The number of benzene rings is 2. The zero-order chi connectivity index (χ0) is 20.9. The molecule has 154 valence electrons. The Morgan fingerprint density at radius 2 is 1.83 bits per heavy atom. The van der Waals surface area contributed by atoms with Crippen LogP contribution in [0.2, 0.25) is 5.02 Å². The number of ether oxygens (including phenoxy) is 1. The van der Waals surface area contributed by atoms with Gasteiger partial charge in [-0.15, -0.1) is 0 Å². The zero-order valence-corrected chi connectivity index (χ0v) is 17.6. The molecule has 3 aromatic rings. The molecule has 6 nitrogen and oxygen atoms in total. The highest BCUT2D eigenvalue weighted by atomic mass is 35.5. The highest BCUT2D eigenvalue weighted by Crippen LogP contribution is 2.30. The van der Waals surface area contributed by atoms with Crippen LogP contribution >= 0.6 is 11.6 Å². The molecule has 2 heterocycles. The van der Waals surface area contributed by atoms with Crippen molar-refractivity contribution in [1.29, 1.82) is 5.26 Å². The molecule has 0 radical (unpaired) electrons. The molecule has 4 rings (SSSR count). The molecule has 0 bridgehead atoms. The molecule has 1 aromatic heterocycles. The van der Waals surface area contributed by atoms with E-state index in [-0.39, 0.29) is 0 Å². The van der Waals surface area contributed by atoms with E-state index >= 15 is 0 Å². The lowest BCUT2D eigenvalue weighted by Gasteiger charge is -2.35. The van der Waals surface area contributed by atoms with E-state index in [1.807, 2.05) is 42.5 Å². The van der Waals surface area contributed by atoms with Gasteiger partial charge in [-0.3, -0.25) is 0 Å². The number of halogens is 1. The molecule has 30 heavy (non-hydrogen) atoms. The van der Waals surface area contributed by atoms with Crippen molar-refractivity contribution in [3.63, 3.8) is 0 Å². The van der Waals surface area contributed by atoms with Crippen molar-refractivity contribution >= 4 is 23.2 Å². The van der Waals surface area contributed by atoms with Gasteiger partial charge in [0, 0.05) is 42.5 Å². The van der Waals surface area contributed by atoms with Crippen molar-refractivity contribution in [2.75, 3.05) is 42.6 Å². The number of aromatic nitrogens is 1. The van der Waals surface area contributed by atoms with Crippen molar-refractivity contribution < 1.29 is 9.15 Å². The zero-order valence-electron chi connectivity index (χ0n) is 16.8. The summed E-state index contributed by atoms with van der Waals surface area (Å²) in [6, 6.07) is 17.6. The Kier molecular flexibility index (Phi) is 6.10. The Bertz CT molecular complexity index is 1030. The number of hydrogen-bond acceptors (Lipinski definition) is 6. The van der Waals surface area contributed by atoms with Crippen LogP contribution in [0.25, 0.3) is 11.5 Å². The fourth-order valence-electron chi connectivity index (χ4n) is 3.48. The van der Waals surface area contributed by atoms with Crippen LogP contribution in [0, 0.1) is 11.3 Å². The Hall–Kier alpha value is -3.17. The van der Waals surface area contributed by atoms with Gasteiger partial charge in [-0.2, -0.15) is 10.2 Å². The SMILES string of the molecule is CCCOc1ccc(-c2nc(C#N)c(N3CCN(c4cccc(Cl)c4)CC3)o2)cc1. The molecule has 0 spiro atoms. The first-order chi connectivity index (χ1) is 14.7. The Morgan fingerprint density at radius 3 is 2.50 bits per heavy atom. The highest BCUT2D eigenvalue weighted by Gasteiger charge is 2.25. The van der Waals surface area contributed by atoms with Gasteiger partial charge in [0.1, 0.15) is 11.8 Å². The normalized spacial score (nSPS) is 13.9. The average Bonchev–Trinajstić information content (AvgIpc) is 3.23. The van der Waals surface area contributed by atoms with E-state index in [0.717, 1.165) is 54.6 Å². The van der Waals surface area contributed by atoms with Gasteiger partial charge in [0.2, 0.25) is 17.5 Å². The first-order valence-electron chi connectivity index (χ1n) is 10.1. The van der Waals surface area contributed by atoms with E-state index in [1.54, 1.807) is 0 Å². The second kappa shape index (κ2) is 9.10. The topological polar surface area (TPSA) is 65.5 Å². The maximum Gasteiger partial charge on any atom is 0.235 e. The Labute approximate surface area is 181 Å². The Balaban J connectivity index is 1.48. The third-order valence-corrected chi connectivity index (χ3v) is 5.26. The molecule has 0 saturated carbocycles. The van der Waals surface area contributed by atoms with Crippen LogP contribution in [0.3, 0.4) is 0 Å². The van der Waals surface area contributed by atoms with Crippen LogP contribution in [0.15, 0.2) is 52.9 Å². The summed E-state index contributed by atoms with van der Waals surface area (Å²) in [5, 5.41) is 10.3. The van der Waals surface area contributed by atoms with E-state index in [9.17, 15) is 5.26 Å². The number of oxazole rings is 1. The lowest BCUT2D eigenvalue weighted by Crippen LogP contribution is -2.46. The summed E-state index contributed by atoms with van der Waals surface area (Å²) in [5.74, 6) is 1.79. The van der Waals surface area contributed by atoms with Crippen LogP contribution in [0.4, 0.5) is 11.6 Å². The molecular formula is C23H23ClN4O2. The van der Waals surface area contributed by atoms with Gasteiger partial charge in [-0.05, 0) is 48.9 Å². The number of rotatable bonds is 6. The molecular weight excluding hydrogens is 400 g/mol. The van der Waals surface area contributed by atoms with Crippen LogP contribution in [0.1, 0.15) is 19.0 Å². The molecule has 1 aliphatic heterocycles.